The number of nitrogens with zero attached hydrogens (tertiary/aromatic N) is 1. The van der Waals surface area contributed by atoms with Crippen molar-refractivity contribution in [3.63, 3.8) is 0 Å². The van der Waals surface area contributed by atoms with E-state index in [0.29, 0.717) is 23.3 Å². The molecule has 0 fully saturated rings. The molecule has 0 bridgehead atoms. The highest BCUT2D eigenvalue weighted by molar-refractivity contribution is 6.23. The number of carbonyl (C=O) groups is 1. The third-order valence-corrected chi connectivity index (χ3v) is 2.94. The lowest BCUT2D eigenvalue weighted by Gasteiger charge is -2.14. The second kappa shape index (κ2) is 4.72. The minimum absolute atomic E-state index is 0.128. The fraction of sp³-hybridized carbons (Fsp3) is 0.231. The highest BCUT2D eigenvalue weighted by atomic mass is 35.5. The van der Waals surface area contributed by atoms with E-state index < -0.39 is 0 Å². The molecule has 0 spiro atoms. The summed E-state index contributed by atoms with van der Waals surface area (Å²) in [5, 5.41) is -0.167. The Morgan fingerprint density at radius 1 is 1.53 bits per heavy atom. The second-order valence-electron chi connectivity index (χ2n) is 4.01. The zero-order chi connectivity index (χ0) is 12.4. The standard InChI is InChI=1S/C13H13ClN2O/c1-8-2-3-9(7-16-8)13(17)11-6-10(14)4-5-12(11)15/h2-3,5-7,10H,4,15H2,1H3. The molecule has 1 aliphatic rings. The van der Waals surface area contributed by atoms with E-state index in [2.05, 4.69) is 4.98 Å². The van der Waals surface area contributed by atoms with Crippen LogP contribution in [0.4, 0.5) is 0 Å². The molecule has 0 saturated heterocycles. The van der Waals surface area contributed by atoms with Crippen molar-refractivity contribution < 1.29 is 4.79 Å². The first-order chi connectivity index (χ1) is 8.08. The number of Topliss-reactive ketones (excluding diaryl/α,β-unsaturated/α-hetero) is 1. The van der Waals surface area contributed by atoms with E-state index in [9.17, 15) is 4.79 Å². The molecule has 2 rings (SSSR count). The van der Waals surface area contributed by atoms with Gasteiger partial charge in [-0.25, -0.2) is 0 Å². The fourth-order valence-electron chi connectivity index (χ4n) is 1.66. The van der Waals surface area contributed by atoms with Crippen LogP contribution < -0.4 is 5.73 Å². The van der Waals surface area contributed by atoms with E-state index in [1.54, 1.807) is 30.5 Å². The van der Waals surface area contributed by atoms with Crippen LogP contribution in [0, 0.1) is 6.92 Å². The van der Waals surface area contributed by atoms with Gasteiger partial charge in [0.05, 0.1) is 5.38 Å². The van der Waals surface area contributed by atoms with E-state index in [1.165, 1.54) is 0 Å². The molecule has 1 aliphatic carbocycles. The number of aromatic nitrogens is 1. The Labute approximate surface area is 105 Å². The maximum atomic E-state index is 12.2. The molecule has 17 heavy (non-hydrogen) atoms. The number of ketones is 1. The van der Waals surface area contributed by atoms with Crippen molar-refractivity contribution in [3.05, 3.63) is 53.0 Å². The van der Waals surface area contributed by atoms with Gasteiger partial charge in [0.2, 0.25) is 0 Å². The average Bonchev–Trinajstić information content (AvgIpc) is 2.32. The van der Waals surface area contributed by atoms with Crippen LogP contribution in [0.15, 0.2) is 41.8 Å². The van der Waals surface area contributed by atoms with Crippen LogP contribution >= 0.6 is 11.6 Å². The van der Waals surface area contributed by atoms with Gasteiger partial charge in [-0.05, 0) is 25.5 Å². The molecule has 0 saturated carbocycles. The van der Waals surface area contributed by atoms with Gasteiger partial charge >= 0.3 is 0 Å². The van der Waals surface area contributed by atoms with Crippen molar-refractivity contribution in [2.24, 2.45) is 5.73 Å². The summed E-state index contributed by atoms with van der Waals surface area (Å²) in [6, 6.07) is 3.55. The summed E-state index contributed by atoms with van der Waals surface area (Å²) in [5.74, 6) is -0.128. The highest BCUT2D eigenvalue weighted by Gasteiger charge is 2.19. The minimum Gasteiger partial charge on any atom is -0.398 e. The first-order valence-corrected chi connectivity index (χ1v) is 5.81. The number of pyridine rings is 1. The second-order valence-corrected chi connectivity index (χ2v) is 4.57. The molecule has 0 amide bonds. The summed E-state index contributed by atoms with van der Waals surface area (Å²) >= 11 is 5.99. The molecule has 2 N–H and O–H groups in total. The van der Waals surface area contributed by atoms with Crippen LogP contribution in [0.25, 0.3) is 0 Å². The molecule has 1 unspecified atom stereocenters. The van der Waals surface area contributed by atoms with Crippen molar-refractivity contribution in [2.45, 2.75) is 18.7 Å². The number of aryl methyl sites for hydroxylation is 1. The number of rotatable bonds is 2. The Morgan fingerprint density at radius 3 is 2.94 bits per heavy atom. The van der Waals surface area contributed by atoms with E-state index in [1.807, 2.05) is 6.92 Å². The Morgan fingerprint density at radius 2 is 2.29 bits per heavy atom. The van der Waals surface area contributed by atoms with Crippen LogP contribution in [0.2, 0.25) is 0 Å². The molecule has 0 aliphatic heterocycles. The van der Waals surface area contributed by atoms with E-state index in [0.717, 1.165) is 5.69 Å². The Hall–Kier alpha value is -1.61. The zero-order valence-corrected chi connectivity index (χ0v) is 10.2. The van der Waals surface area contributed by atoms with Crippen LogP contribution in [0.3, 0.4) is 0 Å². The Balaban J connectivity index is 2.31. The first-order valence-electron chi connectivity index (χ1n) is 5.37. The number of hydrogen-bond donors (Lipinski definition) is 1. The zero-order valence-electron chi connectivity index (χ0n) is 9.48. The largest absolute Gasteiger partial charge is 0.398 e. The molecule has 3 nitrogen and oxygen atoms in total. The maximum absolute atomic E-state index is 12.2. The number of hydrogen-bond acceptors (Lipinski definition) is 3. The predicted molar refractivity (Wildman–Crippen MR) is 67.9 cm³/mol. The van der Waals surface area contributed by atoms with Gasteiger partial charge < -0.3 is 5.73 Å². The number of halogens is 1. The molecule has 1 aromatic rings. The van der Waals surface area contributed by atoms with Gasteiger partial charge in [-0.2, -0.15) is 0 Å². The molecule has 0 aromatic carbocycles. The van der Waals surface area contributed by atoms with Crippen LogP contribution in [-0.4, -0.2) is 16.1 Å². The molecule has 1 aromatic heterocycles. The number of alkyl halides is 1. The molecule has 1 heterocycles. The summed E-state index contributed by atoms with van der Waals surface area (Å²) in [6.45, 7) is 1.87. The molecular formula is C13H13ClN2O. The number of allylic oxidation sites excluding steroid dienone is 3. The average molecular weight is 249 g/mol. The highest BCUT2D eigenvalue weighted by Crippen LogP contribution is 2.22. The quantitative estimate of drug-likeness (QED) is 0.646. The summed E-state index contributed by atoms with van der Waals surface area (Å²) in [7, 11) is 0. The molecular weight excluding hydrogens is 236 g/mol. The van der Waals surface area contributed by atoms with Crippen molar-refractivity contribution in [2.75, 3.05) is 0 Å². The van der Waals surface area contributed by atoms with Gasteiger partial charge in [-0.3, -0.25) is 9.78 Å². The Bertz CT molecular complexity index is 503. The summed E-state index contributed by atoms with van der Waals surface area (Å²) in [6.07, 6.45) is 5.71. The lowest BCUT2D eigenvalue weighted by molar-refractivity contribution is 0.103. The smallest absolute Gasteiger partial charge is 0.196 e. The van der Waals surface area contributed by atoms with Gasteiger partial charge in [0.25, 0.3) is 0 Å². The molecule has 88 valence electrons. The summed E-state index contributed by atoms with van der Waals surface area (Å²) < 4.78 is 0. The van der Waals surface area contributed by atoms with Gasteiger partial charge in [-0.1, -0.05) is 12.2 Å². The molecule has 0 radical (unpaired) electrons. The van der Waals surface area contributed by atoms with E-state index in [4.69, 9.17) is 17.3 Å². The molecule has 1 atom stereocenters. The van der Waals surface area contributed by atoms with Crippen molar-refractivity contribution >= 4 is 17.4 Å². The third-order valence-electron chi connectivity index (χ3n) is 2.64. The lowest BCUT2D eigenvalue weighted by atomic mass is 9.96. The number of nitrogens with two attached hydrogens (primary N) is 1. The predicted octanol–water partition coefficient (Wildman–Crippen LogP) is 2.35. The van der Waals surface area contributed by atoms with E-state index >= 15 is 0 Å². The lowest BCUT2D eigenvalue weighted by Crippen LogP contribution is -2.17. The van der Waals surface area contributed by atoms with Crippen LogP contribution in [0.1, 0.15) is 22.5 Å². The first kappa shape index (κ1) is 11.9. The maximum Gasteiger partial charge on any atom is 0.196 e. The Kier molecular flexibility index (Phi) is 3.29. The third kappa shape index (κ3) is 2.56. The van der Waals surface area contributed by atoms with Crippen molar-refractivity contribution in [3.8, 4) is 0 Å². The minimum atomic E-state index is -0.167. The summed E-state index contributed by atoms with van der Waals surface area (Å²) in [4.78, 5) is 16.3. The van der Waals surface area contributed by atoms with Gasteiger partial charge in [-0.15, -0.1) is 11.6 Å². The van der Waals surface area contributed by atoms with Crippen molar-refractivity contribution in [1.29, 1.82) is 0 Å². The van der Waals surface area contributed by atoms with Gasteiger partial charge in [0, 0.05) is 28.7 Å². The number of carbonyl (C=O) groups excluding carboxylic acids is 1. The van der Waals surface area contributed by atoms with Gasteiger partial charge in [0.1, 0.15) is 0 Å². The normalized spacial score (nSPS) is 19.5. The van der Waals surface area contributed by atoms with E-state index in [-0.39, 0.29) is 11.2 Å². The van der Waals surface area contributed by atoms with Crippen LogP contribution in [0.5, 0.6) is 0 Å². The summed E-state index contributed by atoms with van der Waals surface area (Å²) in [5.41, 5.74) is 8.17. The molecule has 4 heteroatoms. The monoisotopic (exact) mass is 248 g/mol. The van der Waals surface area contributed by atoms with Crippen LogP contribution in [-0.2, 0) is 0 Å². The van der Waals surface area contributed by atoms with Crippen molar-refractivity contribution in [1.82, 2.24) is 4.98 Å². The topological polar surface area (TPSA) is 56.0 Å². The fourth-order valence-corrected chi connectivity index (χ4v) is 1.87. The van der Waals surface area contributed by atoms with Gasteiger partial charge in [0.15, 0.2) is 5.78 Å². The SMILES string of the molecule is Cc1ccc(C(=O)C2=CC(Cl)CC=C2N)cn1.